The van der Waals surface area contributed by atoms with Gasteiger partial charge in [-0.25, -0.2) is 18.1 Å². The monoisotopic (exact) mass is 364 g/mol. The molecule has 0 saturated carbocycles. The van der Waals surface area contributed by atoms with E-state index in [4.69, 9.17) is 0 Å². The van der Waals surface area contributed by atoms with Crippen LogP contribution in [0.1, 0.15) is 15.4 Å². The summed E-state index contributed by atoms with van der Waals surface area (Å²) in [7, 11) is -3.86. The fourth-order valence-corrected chi connectivity index (χ4v) is 4.92. The molecule has 2 aromatic heterocycles. The summed E-state index contributed by atoms with van der Waals surface area (Å²) < 4.78 is 26.5. The van der Waals surface area contributed by atoms with Crippen molar-refractivity contribution >= 4 is 38.6 Å². The van der Waals surface area contributed by atoms with Gasteiger partial charge in [0.25, 0.3) is 15.9 Å². The number of hydrogen-bond acceptors (Lipinski definition) is 6. The SMILES string of the molecule is Cc1ccc(S(=O)(=O)NC(=O)c2csc(-c3ccccc3)n2)s1. The summed E-state index contributed by atoms with van der Waals surface area (Å²) in [5.74, 6) is -0.727. The quantitative estimate of drug-likeness (QED) is 0.771. The highest BCUT2D eigenvalue weighted by molar-refractivity contribution is 7.92. The Labute approximate surface area is 141 Å². The molecule has 8 heteroatoms. The van der Waals surface area contributed by atoms with Crippen molar-refractivity contribution in [3.63, 3.8) is 0 Å². The molecule has 0 aliphatic carbocycles. The van der Waals surface area contributed by atoms with Crippen molar-refractivity contribution in [2.45, 2.75) is 11.1 Å². The number of sulfonamides is 1. The number of rotatable bonds is 4. The average molecular weight is 364 g/mol. The van der Waals surface area contributed by atoms with Gasteiger partial charge in [-0.3, -0.25) is 4.79 Å². The van der Waals surface area contributed by atoms with Crippen LogP contribution in [0.15, 0.2) is 52.1 Å². The Morgan fingerprint density at radius 3 is 2.52 bits per heavy atom. The smallest absolute Gasteiger partial charge is 0.266 e. The van der Waals surface area contributed by atoms with E-state index in [9.17, 15) is 13.2 Å². The summed E-state index contributed by atoms with van der Waals surface area (Å²) in [6.07, 6.45) is 0. The van der Waals surface area contributed by atoms with E-state index in [-0.39, 0.29) is 9.90 Å². The van der Waals surface area contributed by atoms with Crippen molar-refractivity contribution in [2.75, 3.05) is 0 Å². The van der Waals surface area contributed by atoms with Crippen LogP contribution in [-0.4, -0.2) is 19.3 Å². The first-order valence-electron chi connectivity index (χ1n) is 6.60. The largest absolute Gasteiger partial charge is 0.284 e. The molecule has 23 heavy (non-hydrogen) atoms. The number of aromatic nitrogens is 1. The van der Waals surface area contributed by atoms with Crippen molar-refractivity contribution in [1.82, 2.24) is 9.71 Å². The van der Waals surface area contributed by atoms with E-state index in [1.165, 1.54) is 17.4 Å². The van der Waals surface area contributed by atoms with Crippen LogP contribution in [0.5, 0.6) is 0 Å². The standard InChI is InChI=1S/C15H12N2O3S3/c1-10-7-8-13(22-10)23(19,20)17-14(18)12-9-21-15(16-12)11-5-3-2-4-6-11/h2-9H,1H3,(H,17,18). The minimum atomic E-state index is -3.86. The van der Waals surface area contributed by atoms with E-state index in [0.29, 0.717) is 5.01 Å². The van der Waals surface area contributed by atoms with Crippen LogP contribution in [0.2, 0.25) is 0 Å². The van der Waals surface area contributed by atoms with Gasteiger partial charge in [0.2, 0.25) is 0 Å². The van der Waals surface area contributed by atoms with Crippen LogP contribution in [0.3, 0.4) is 0 Å². The molecule has 5 nitrogen and oxygen atoms in total. The second-order valence-electron chi connectivity index (χ2n) is 4.70. The molecular weight excluding hydrogens is 352 g/mol. The van der Waals surface area contributed by atoms with Crippen molar-refractivity contribution in [3.05, 3.63) is 58.4 Å². The first-order chi connectivity index (χ1) is 11.0. The van der Waals surface area contributed by atoms with Gasteiger partial charge in [0, 0.05) is 15.8 Å². The van der Waals surface area contributed by atoms with Gasteiger partial charge in [0.15, 0.2) is 0 Å². The third-order valence-corrected chi connectivity index (χ3v) is 6.68. The Morgan fingerprint density at radius 1 is 1.13 bits per heavy atom. The molecule has 1 aromatic carbocycles. The number of aryl methyl sites for hydroxylation is 1. The molecular formula is C15H12N2O3S3. The second-order valence-corrected chi connectivity index (χ2v) is 8.76. The van der Waals surface area contributed by atoms with Crippen LogP contribution in [0.4, 0.5) is 0 Å². The van der Waals surface area contributed by atoms with Crippen LogP contribution in [-0.2, 0) is 10.0 Å². The number of amides is 1. The zero-order chi connectivity index (χ0) is 16.4. The summed E-state index contributed by atoms with van der Waals surface area (Å²) in [4.78, 5) is 17.2. The van der Waals surface area contributed by atoms with E-state index in [1.54, 1.807) is 18.4 Å². The zero-order valence-corrected chi connectivity index (χ0v) is 14.5. The maximum Gasteiger partial charge on any atom is 0.284 e. The fraction of sp³-hybridized carbons (Fsp3) is 0.0667. The summed E-state index contributed by atoms with van der Waals surface area (Å²) >= 11 is 2.41. The maximum atomic E-state index is 12.2. The van der Waals surface area contributed by atoms with Gasteiger partial charge < -0.3 is 0 Å². The number of benzene rings is 1. The minimum absolute atomic E-state index is 0.0886. The topological polar surface area (TPSA) is 76.1 Å². The normalized spacial score (nSPS) is 11.3. The Balaban J connectivity index is 1.81. The van der Waals surface area contributed by atoms with Crippen LogP contribution < -0.4 is 4.72 Å². The molecule has 1 amide bonds. The van der Waals surface area contributed by atoms with Gasteiger partial charge in [0.05, 0.1) is 0 Å². The first-order valence-corrected chi connectivity index (χ1v) is 9.78. The predicted octanol–water partition coefficient (Wildman–Crippen LogP) is 3.30. The third-order valence-electron chi connectivity index (χ3n) is 2.97. The summed E-state index contributed by atoms with van der Waals surface area (Å²) in [5.41, 5.74) is 0.971. The molecule has 0 radical (unpaired) electrons. The fourth-order valence-electron chi connectivity index (χ4n) is 1.87. The highest BCUT2D eigenvalue weighted by Gasteiger charge is 2.22. The Bertz CT molecular complexity index is 943. The Hall–Kier alpha value is -2.03. The molecule has 0 atom stereocenters. The van der Waals surface area contributed by atoms with Crippen LogP contribution in [0, 0.1) is 6.92 Å². The third kappa shape index (κ3) is 3.49. The molecule has 3 aromatic rings. The summed E-state index contributed by atoms with van der Waals surface area (Å²) in [6, 6.07) is 12.6. The van der Waals surface area contributed by atoms with Crippen molar-refractivity contribution in [1.29, 1.82) is 0 Å². The van der Waals surface area contributed by atoms with Crippen molar-refractivity contribution in [2.24, 2.45) is 0 Å². The number of hydrogen-bond donors (Lipinski definition) is 1. The minimum Gasteiger partial charge on any atom is -0.266 e. The van der Waals surface area contributed by atoms with Crippen LogP contribution >= 0.6 is 22.7 Å². The molecule has 0 aliphatic heterocycles. The molecule has 1 N–H and O–H groups in total. The lowest BCUT2D eigenvalue weighted by Gasteiger charge is -2.02. The van der Waals surface area contributed by atoms with E-state index >= 15 is 0 Å². The number of thiophene rings is 1. The number of nitrogens with one attached hydrogen (secondary N) is 1. The second kappa shape index (κ2) is 6.23. The van der Waals surface area contributed by atoms with E-state index < -0.39 is 15.9 Å². The van der Waals surface area contributed by atoms with Gasteiger partial charge >= 0.3 is 0 Å². The summed E-state index contributed by atoms with van der Waals surface area (Å²) in [5, 5.41) is 2.22. The Kier molecular flexibility index (Phi) is 4.29. The lowest BCUT2D eigenvalue weighted by Crippen LogP contribution is -2.30. The predicted molar refractivity (Wildman–Crippen MR) is 91.3 cm³/mol. The molecule has 0 bridgehead atoms. The molecule has 118 valence electrons. The lowest BCUT2D eigenvalue weighted by atomic mass is 10.2. The van der Waals surface area contributed by atoms with Gasteiger partial charge in [-0.2, -0.15) is 0 Å². The first kappa shape index (κ1) is 15.9. The molecule has 2 heterocycles. The number of nitrogens with zero attached hydrogens (tertiary/aromatic N) is 1. The molecule has 0 fully saturated rings. The lowest BCUT2D eigenvalue weighted by molar-refractivity contribution is 0.0977. The van der Waals surface area contributed by atoms with Crippen molar-refractivity contribution in [3.8, 4) is 10.6 Å². The number of carbonyl (C=O) groups excluding carboxylic acids is 1. The molecule has 3 rings (SSSR count). The number of thiazole rings is 1. The van der Waals surface area contributed by atoms with Crippen molar-refractivity contribution < 1.29 is 13.2 Å². The van der Waals surface area contributed by atoms with Gasteiger partial charge in [-0.1, -0.05) is 30.3 Å². The average Bonchev–Trinajstić information content (AvgIpc) is 3.17. The molecule has 0 saturated heterocycles. The zero-order valence-electron chi connectivity index (χ0n) is 12.0. The highest BCUT2D eigenvalue weighted by Crippen LogP contribution is 2.24. The van der Waals surface area contributed by atoms with Gasteiger partial charge in [0.1, 0.15) is 14.9 Å². The number of carbonyl (C=O) groups is 1. The van der Waals surface area contributed by atoms with E-state index in [0.717, 1.165) is 21.8 Å². The highest BCUT2D eigenvalue weighted by atomic mass is 32.2. The molecule has 0 aliphatic rings. The van der Waals surface area contributed by atoms with Gasteiger partial charge in [-0.15, -0.1) is 22.7 Å². The Morgan fingerprint density at radius 2 is 1.87 bits per heavy atom. The molecule has 0 spiro atoms. The van der Waals surface area contributed by atoms with Gasteiger partial charge in [-0.05, 0) is 19.1 Å². The molecule has 0 unspecified atom stereocenters. The van der Waals surface area contributed by atoms with E-state index in [2.05, 4.69) is 9.71 Å². The van der Waals surface area contributed by atoms with Crippen LogP contribution in [0.25, 0.3) is 10.6 Å². The maximum absolute atomic E-state index is 12.2. The summed E-state index contributed by atoms with van der Waals surface area (Å²) in [6.45, 7) is 1.80. The van der Waals surface area contributed by atoms with E-state index in [1.807, 2.05) is 30.3 Å².